The fourth-order valence-corrected chi connectivity index (χ4v) is 17.5. The van der Waals surface area contributed by atoms with Gasteiger partial charge in [0.15, 0.2) is 5.82 Å². The first-order chi connectivity index (χ1) is 53.4. The van der Waals surface area contributed by atoms with Crippen LogP contribution in [0.4, 0.5) is 0 Å². The Balaban J connectivity index is 1.02. The second-order valence-electron chi connectivity index (χ2n) is 28.6. The average molecular weight is 1380 g/mol. The third kappa shape index (κ3) is 10.0. The third-order valence-electron chi connectivity index (χ3n) is 22.4. The lowest BCUT2D eigenvalue weighted by Gasteiger charge is -2.28. The number of para-hydroxylation sites is 3. The molecule has 0 radical (unpaired) electrons. The maximum atomic E-state index is 6.85. The highest BCUT2D eigenvalue weighted by molar-refractivity contribution is 6.18. The first-order valence-corrected chi connectivity index (χ1v) is 37.2. The Bertz CT molecular complexity index is 6780. The van der Waals surface area contributed by atoms with Crippen LogP contribution in [0.2, 0.25) is 0 Å². The number of rotatable bonds is 12. The molecule has 5 nitrogen and oxygen atoms in total. The van der Waals surface area contributed by atoms with Gasteiger partial charge in [-0.3, -0.25) is 9.13 Å². The Kier molecular flexibility index (Phi) is 14.7. The Hall–Kier alpha value is -14.1. The van der Waals surface area contributed by atoms with Crippen molar-refractivity contribution in [1.29, 1.82) is 0 Å². The molecule has 0 atom stereocenters. The predicted octanol–water partition coefficient (Wildman–Crippen LogP) is 27.4. The summed E-state index contributed by atoms with van der Waals surface area (Å²) in [5, 5.41) is 9.12. The van der Waals surface area contributed by atoms with Crippen molar-refractivity contribution in [2.75, 3.05) is 0 Å². The second-order valence-corrected chi connectivity index (χ2v) is 28.6. The average Bonchev–Trinajstić information content (AvgIpc) is 1.48. The molecule has 0 N–H and O–H groups in total. The Morgan fingerprint density at radius 3 is 0.806 bits per heavy atom. The van der Waals surface area contributed by atoms with E-state index >= 15 is 0 Å². The highest BCUT2D eigenvalue weighted by atomic mass is 15.2. The summed E-state index contributed by atoms with van der Waals surface area (Å²) in [6, 6.07) is 141. The van der Waals surface area contributed by atoms with Gasteiger partial charge in [-0.25, -0.2) is 4.98 Å². The predicted molar refractivity (Wildman–Crippen MR) is 455 cm³/mol. The molecule has 0 unspecified atom stereocenters. The minimum Gasteiger partial charge on any atom is -0.309 e. The smallest absolute Gasteiger partial charge is 0.165 e. The van der Waals surface area contributed by atoms with Crippen molar-refractivity contribution in [3.63, 3.8) is 0 Å². The van der Waals surface area contributed by atoms with E-state index in [0.717, 1.165) is 200 Å². The maximum Gasteiger partial charge on any atom is 0.165 e. The number of aromatic nitrogens is 5. The summed E-state index contributed by atoms with van der Waals surface area (Å²) in [4.78, 5) is 6.85. The van der Waals surface area contributed by atoms with Crippen LogP contribution < -0.4 is 0 Å². The molecule has 108 heavy (non-hydrogen) atoms. The molecule has 0 amide bonds. The molecule has 0 saturated carbocycles. The van der Waals surface area contributed by atoms with Gasteiger partial charge in [0.25, 0.3) is 0 Å². The Morgan fingerprint density at radius 2 is 0.463 bits per heavy atom. The molecule has 21 rings (SSSR count). The van der Waals surface area contributed by atoms with Crippen LogP contribution >= 0.6 is 0 Å². The van der Waals surface area contributed by atoms with E-state index in [1.807, 2.05) is 0 Å². The minimum atomic E-state index is 0.774. The summed E-state index contributed by atoms with van der Waals surface area (Å²) in [6.45, 7) is 4.62. The van der Waals surface area contributed by atoms with E-state index < -0.39 is 0 Å². The van der Waals surface area contributed by atoms with Crippen LogP contribution in [0.15, 0.2) is 382 Å². The van der Waals surface area contributed by atoms with Gasteiger partial charge in [0.1, 0.15) is 5.82 Å². The molecule has 0 bridgehead atoms. The highest BCUT2D eigenvalue weighted by Crippen LogP contribution is 2.53. The number of hydrogen-bond acceptors (Lipinski definition) is 1. The van der Waals surface area contributed by atoms with Crippen molar-refractivity contribution in [1.82, 2.24) is 23.3 Å². The molecule has 0 aliphatic heterocycles. The summed E-state index contributed by atoms with van der Waals surface area (Å²) < 4.78 is 10.2. The van der Waals surface area contributed by atoms with Gasteiger partial charge in [-0.2, -0.15) is 0 Å². The quantitative estimate of drug-likeness (QED) is 0.120. The molecular weight excluding hydrogens is 1310 g/mol. The molecule has 0 spiro atoms. The minimum absolute atomic E-state index is 0.774. The summed E-state index contributed by atoms with van der Waals surface area (Å²) in [6.07, 6.45) is 0. The molecular formula is C103H69N5. The molecule has 21 aromatic rings. The van der Waals surface area contributed by atoms with Crippen LogP contribution in [-0.2, 0) is 0 Å². The number of benzene rings is 16. The van der Waals surface area contributed by atoms with Gasteiger partial charge in [-0.1, -0.05) is 291 Å². The molecule has 5 aromatic heterocycles. The van der Waals surface area contributed by atoms with Gasteiger partial charge in [0, 0.05) is 59.8 Å². The molecule has 0 aliphatic rings. The van der Waals surface area contributed by atoms with Gasteiger partial charge in [0.2, 0.25) is 0 Å². The molecule has 506 valence electrons. The van der Waals surface area contributed by atoms with Gasteiger partial charge in [0.05, 0.1) is 55.5 Å². The van der Waals surface area contributed by atoms with Crippen LogP contribution in [0.1, 0.15) is 11.1 Å². The van der Waals surface area contributed by atoms with Crippen molar-refractivity contribution in [2.24, 2.45) is 0 Å². The molecule has 0 fully saturated rings. The van der Waals surface area contributed by atoms with E-state index in [9.17, 15) is 0 Å². The van der Waals surface area contributed by atoms with E-state index in [1.54, 1.807) is 0 Å². The lowest BCUT2D eigenvalue weighted by Crippen LogP contribution is -2.14. The van der Waals surface area contributed by atoms with E-state index in [2.05, 4.69) is 414 Å². The van der Waals surface area contributed by atoms with E-state index in [-0.39, 0.29) is 0 Å². The molecule has 16 aromatic carbocycles. The fraction of sp³-hybridized carbons (Fsp3) is 0.0194. The standard InChI is InChI=1S/C103H69N5/c1-66-28-27-29-67(2)98(66)100-99(82-44-23-26-47-91(82)105-89-45-24-21-42-80(89)81-43-22-25-46-90(81)105)102(107-94-56-50-76(70-34-13-5-14-35-70)62-85(94)86-63-77(51-57-95(86)107)71-36-15-6-16-37-71)104-103(108-96-58-52-78(72-38-17-7-18-39-72)64-87(96)88-65-79(53-59-97(88)108)73-40-19-8-20-41-73)101(100)106-92-54-48-74(68-30-9-3-10-31-68)60-83(92)84-61-75(49-55-93(84)106)69-32-11-4-12-33-69/h3-65H,1-2H3. The Morgan fingerprint density at radius 1 is 0.185 bits per heavy atom. The molecule has 5 heteroatoms. The topological polar surface area (TPSA) is 32.6 Å². The monoisotopic (exact) mass is 1380 g/mol. The van der Waals surface area contributed by atoms with Crippen molar-refractivity contribution >= 4 is 87.2 Å². The molecule has 5 heterocycles. The fourth-order valence-electron chi connectivity index (χ4n) is 17.5. The number of pyridine rings is 1. The zero-order chi connectivity index (χ0) is 71.5. The van der Waals surface area contributed by atoms with Crippen molar-refractivity contribution in [2.45, 2.75) is 13.8 Å². The van der Waals surface area contributed by atoms with E-state index in [1.165, 1.54) is 10.8 Å². The van der Waals surface area contributed by atoms with Crippen molar-refractivity contribution in [3.05, 3.63) is 393 Å². The van der Waals surface area contributed by atoms with Crippen LogP contribution in [0, 0.1) is 13.8 Å². The van der Waals surface area contributed by atoms with Crippen LogP contribution in [0.5, 0.6) is 0 Å². The van der Waals surface area contributed by atoms with Crippen LogP contribution in [-0.4, -0.2) is 23.3 Å². The zero-order valence-corrected chi connectivity index (χ0v) is 59.6. The SMILES string of the molecule is Cc1cccc(C)c1-c1c(-c2ccccc2-n2c3ccccc3c3ccccc32)c(-n2c3ccc(-c4ccccc4)cc3c3cc(-c4ccccc4)ccc32)nc(-n2c3ccc(-c4ccccc4)cc3c3cc(-c4ccccc4)ccc32)c1-n1c2ccc(-c3ccccc3)cc2c2cc(-c3ccccc3)ccc21. The second kappa shape index (κ2) is 25.3. The Labute approximate surface area is 625 Å². The summed E-state index contributed by atoms with van der Waals surface area (Å²) in [7, 11) is 0. The maximum absolute atomic E-state index is 6.85. The van der Waals surface area contributed by atoms with Gasteiger partial charge >= 0.3 is 0 Å². The lowest BCUT2D eigenvalue weighted by atomic mass is 9.87. The van der Waals surface area contributed by atoms with Crippen molar-refractivity contribution in [3.8, 4) is 112 Å². The highest BCUT2D eigenvalue weighted by Gasteiger charge is 2.34. The van der Waals surface area contributed by atoms with Gasteiger partial charge in [-0.05, 0) is 188 Å². The summed E-state index contributed by atoms with van der Waals surface area (Å²) >= 11 is 0. The van der Waals surface area contributed by atoms with Crippen LogP contribution in [0.25, 0.3) is 199 Å². The number of nitrogens with zero attached hydrogens (tertiary/aromatic N) is 5. The largest absolute Gasteiger partial charge is 0.309 e. The summed E-state index contributed by atoms with van der Waals surface area (Å²) in [5.74, 6) is 1.56. The number of aryl methyl sites for hydroxylation is 2. The first kappa shape index (κ1) is 62.4. The zero-order valence-electron chi connectivity index (χ0n) is 59.6. The molecule has 0 saturated heterocycles. The van der Waals surface area contributed by atoms with E-state index in [4.69, 9.17) is 4.98 Å². The van der Waals surface area contributed by atoms with Crippen LogP contribution in [0.3, 0.4) is 0 Å². The number of fused-ring (bicyclic) bond motifs is 12. The van der Waals surface area contributed by atoms with Gasteiger partial charge < -0.3 is 9.13 Å². The van der Waals surface area contributed by atoms with E-state index in [0.29, 0.717) is 0 Å². The van der Waals surface area contributed by atoms with Gasteiger partial charge in [-0.15, -0.1) is 0 Å². The third-order valence-corrected chi connectivity index (χ3v) is 22.4. The first-order valence-electron chi connectivity index (χ1n) is 37.2. The number of hydrogen-bond donors (Lipinski definition) is 0. The van der Waals surface area contributed by atoms with Crippen molar-refractivity contribution < 1.29 is 0 Å². The normalized spacial score (nSPS) is 11.8. The summed E-state index contributed by atoms with van der Waals surface area (Å²) in [5.41, 5.74) is 30.6. The lowest BCUT2D eigenvalue weighted by molar-refractivity contribution is 0.985. The molecule has 0 aliphatic carbocycles.